The molecule has 0 atom stereocenters. The maximum atomic E-state index is 13.6. The zero-order valence-corrected chi connectivity index (χ0v) is 18.9. The summed E-state index contributed by atoms with van der Waals surface area (Å²) in [6.07, 6.45) is 0. The number of para-hydroxylation sites is 1. The van der Waals surface area contributed by atoms with Crippen molar-refractivity contribution in [3.63, 3.8) is 0 Å². The Hall–Kier alpha value is -3.84. The van der Waals surface area contributed by atoms with Crippen LogP contribution in [0.15, 0.2) is 71.5 Å². The van der Waals surface area contributed by atoms with Crippen molar-refractivity contribution in [2.75, 3.05) is 14.2 Å². The Morgan fingerprint density at radius 2 is 1.73 bits per heavy atom. The third-order valence-corrected chi connectivity index (χ3v) is 5.47. The topological polar surface area (TPSA) is 84.5 Å². The van der Waals surface area contributed by atoms with E-state index in [-0.39, 0.29) is 23.0 Å². The molecule has 0 aliphatic heterocycles. The van der Waals surface area contributed by atoms with E-state index < -0.39 is 0 Å². The lowest BCUT2D eigenvalue weighted by Gasteiger charge is -2.23. The van der Waals surface area contributed by atoms with Gasteiger partial charge in [-0.3, -0.25) is 9.59 Å². The molecule has 0 spiro atoms. The van der Waals surface area contributed by atoms with Gasteiger partial charge in [0.2, 0.25) is 0 Å². The molecule has 168 valence electrons. The molecule has 0 bridgehead atoms. The summed E-state index contributed by atoms with van der Waals surface area (Å²) >= 11 is 6.33. The zero-order valence-electron chi connectivity index (χ0n) is 18.2. The number of amides is 1. The van der Waals surface area contributed by atoms with E-state index in [2.05, 4.69) is 9.97 Å². The van der Waals surface area contributed by atoms with E-state index in [9.17, 15) is 9.59 Å². The van der Waals surface area contributed by atoms with Gasteiger partial charge in [0.15, 0.2) is 11.5 Å². The van der Waals surface area contributed by atoms with Crippen molar-refractivity contribution in [3.05, 3.63) is 99.1 Å². The second-order valence-corrected chi connectivity index (χ2v) is 7.78. The number of benzene rings is 3. The number of H-pyrrole nitrogens is 1. The molecule has 8 heteroatoms. The third kappa shape index (κ3) is 4.83. The van der Waals surface area contributed by atoms with Crippen molar-refractivity contribution >= 4 is 28.4 Å². The van der Waals surface area contributed by atoms with Crippen LogP contribution in [0.4, 0.5) is 0 Å². The SMILES string of the molecule is COc1cc(C(=O)N(Cc2ccccc2)Cc2nc3ccccc3c(=O)[nH]2)cc(Cl)c1OC. The first-order chi connectivity index (χ1) is 16.0. The molecular weight excluding hydrogens is 442 g/mol. The number of aromatic nitrogens is 2. The number of rotatable bonds is 7. The number of aromatic amines is 1. The predicted molar refractivity (Wildman–Crippen MR) is 127 cm³/mol. The fraction of sp³-hybridized carbons (Fsp3) is 0.160. The van der Waals surface area contributed by atoms with Crippen LogP contribution in [0.5, 0.6) is 11.5 Å². The summed E-state index contributed by atoms with van der Waals surface area (Å²) in [5.41, 5.74) is 1.58. The van der Waals surface area contributed by atoms with Crippen LogP contribution in [-0.2, 0) is 13.1 Å². The van der Waals surface area contributed by atoms with Gasteiger partial charge in [-0.1, -0.05) is 54.1 Å². The molecule has 0 aliphatic carbocycles. The third-order valence-electron chi connectivity index (χ3n) is 5.19. The fourth-order valence-electron chi connectivity index (χ4n) is 3.62. The van der Waals surface area contributed by atoms with E-state index in [4.69, 9.17) is 21.1 Å². The van der Waals surface area contributed by atoms with E-state index in [1.807, 2.05) is 36.4 Å². The molecule has 0 radical (unpaired) electrons. The van der Waals surface area contributed by atoms with E-state index in [1.165, 1.54) is 14.2 Å². The normalized spacial score (nSPS) is 10.8. The largest absolute Gasteiger partial charge is 0.493 e. The Labute approximate surface area is 195 Å². The van der Waals surface area contributed by atoms with Gasteiger partial charge in [0.25, 0.3) is 11.5 Å². The summed E-state index contributed by atoms with van der Waals surface area (Å²) in [7, 11) is 2.96. The maximum Gasteiger partial charge on any atom is 0.258 e. The molecule has 4 aromatic rings. The van der Waals surface area contributed by atoms with Crippen LogP contribution in [0, 0.1) is 0 Å². The highest BCUT2D eigenvalue weighted by atomic mass is 35.5. The molecule has 0 aliphatic rings. The lowest BCUT2D eigenvalue weighted by Crippen LogP contribution is -2.31. The molecule has 0 saturated heterocycles. The number of carbonyl (C=O) groups is 1. The second kappa shape index (κ2) is 9.75. The van der Waals surface area contributed by atoms with Gasteiger partial charge in [-0.15, -0.1) is 0 Å². The van der Waals surface area contributed by atoms with Gasteiger partial charge in [-0.2, -0.15) is 0 Å². The van der Waals surface area contributed by atoms with E-state index >= 15 is 0 Å². The van der Waals surface area contributed by atoms with Gasteiger partial charge in [0.1, 0.15) is 5.82 Å². The lowest BCUT2D eigenvalue weighted by molar-refractivity contribution is 0.0725. The van der Waals surface area contributed by atoms with Crippen molar-refractivity contribution in [1.82, 2.24) is 14.9 Å². The highest BCUT2D eigenvalue weighted by Crippen LogP contribution is 2.36. The van der Waals surface area contributed by atoms with Crippen LogP contribution in [0.1, 0.15) is 21.7 Å². The molecule has 1 aromatic heterocycles. The smallest absolute Gasteiger partial charge is 0.258 e. The van der Waals surface area contributed by atoms with Crippen LogP contribution in [0.3, 0.4) is 0 Å². The molecule has 7 nitrogen and oxygen atoms in total. The van der Waals surface area contributed by atoms with Crippen molar-refractivity contribution in [2.24, 2.45) is 0 Å². The first kappa shape index (κ1) is 22.4. The molecule has 0 unspecified atom stereocenters. The van der Waals surface area contributed by atoms with E-state index in [1.54, 1.807) is 35.2 Å². The average molecular weight is 464 g/mol. The van der Waals surface area contributed by atoms with Crippen LogP contribution in [0.25, 0.3) is 10.9 Å². The van der Waals surface area contributed by atoms with E-state index in [0.29, 0.717) is 40.3 Å². The van der Waals surface area contributed by atoms with Crippen LogP contribution in [-0.4, -0.2) is 35.0 Å². The Morgan fingerprint density at radius 1 is 1.00 bits per heavy atom. The second-order valence-electron chi connectivity index (χ2n) is 7.37. The molecule has 1 amide bonds. The molecule has 4 rings (SSSR count). The first-order valence-electron chi connectivity index (χ1n) is 10.2. The van der Waals surface area contributed by atoms with E-state index in [0.717, 1.165) is 5.56 Å². The first-order valence-corrected chi connectivity index (χ1v) is 10.6. The van der Waals surface area contributed by atoms with Crippen molar-refractivity contribution in [1.29, 1.82) is 0 Å². The van der Waals surface area contributed by atoms with Gasteiger partial charge >= 0.3 is 0 Å². The molecule has 0 saturated carbocycles. The van der Waals surface area contributed by atoms with Crippen molar-refractivity contribution in [3.8, 4) is 11.5 Å². The molecule has 3 aromatic carbocycles. The number of nitrogens with zero attached hydrogens (tertiary/aromatic N) is 2. The number of ether oxygens (including phenoxy) is 2. The fourth-order valence-corrected chi connectivity index (χ4v) is 3.91. The number of nitrogens with one attached hydrogen (secondary N) is 1. The highest BCUT2D eigenvalue weighted by molar-refractivity contribution is 6.32. The zero-order chi connectivity index (χ0) is 23.4. The number of methoxy groups -OCH3 is 2. The summed E-state index contributed by atoms with van der Waals surface area (Å²) in [6, 6.07) is 19.8. The van der Waals surface area contributed by atoms with Gasteiger partial charge in [-0.05, 0) is 29.8 Å². The Kier molecular flexibility index (Phi) is 6.60. The van der Waals surface area contributed by atoms with Gasteiger partial charge in [0.05, 0.1) is 36.7 Å². The van der Waals surface area contributed by atoms with Crippen LogP contribution in [0.2, 0.25) is 5.02 Å². The van der Waals surface area contributed by atoms with Crippen LogP contribution < -0.4 is 15.0 Å². The Bertz CT molecular complexity index is 1360. The average Bonchev–Trinajstić information content (AvgIpc) is 2.83. The number of fused-ring (bicyclic) bond motifs is 1. The van der Waals surface area contributed by atoms with Crippen molar-refractivity contribution in [2.45, 2.75) is 13.1 Å². The number of hydrogen-bond acceptors (Lipinski definition) is 5. The standard InChI is InChI=1S/C25H22ClN3O4/c1-32-21-13-17(12-19(26)23(21)33-2)25(31)29(14-16-8-4-3-5-9-16)15-22-27-20-11-7-6-10-18(20)24(30)28-22/h3-13H,14-15H2,1-2H3,(H,27,28,30). The number of hydrogen-bond donors (Lipinski definition) is 1. The van der Waals surface area contributed by atoms with Gasteiger partial charge in [-0.25, -0.2) is 4.98 Å². The summed E-state index contributed by atoms with van der Waals surface area (Å²) in [4.78, 5) is 35.0. The summed E-state index contributed by atoms with van der Waals surface area (Å²) in [6.45, 7) is 0.405. The minimum absolute atomic E-state index is 0.0970. The quantitative estimate of drug-likeness (QED) is 0.438. The summed E-state index contributed by atoms with van der Waals surface area (Å²) in [5, 5.41) is 0.756. The molecule has 1 N–H and O–H groups in total. The van der Waals surface area contributed by atoms with Gasteiger partial charge in [0, 0.05) is 12.1 Å². The molecular formula is C25H22ClN3O4. The Balaban J connectivity index is 1.73. The Morgan fingerprint density at radius 3 is 2.45 bits per heavy atom. The lowest BCUT2D eigenvalue weighted by atomic mass is 10.1. The van der Waals surface area contributed by atoms with Crippen LogP contribution >= 0.6 is 11.6 Å². The summed E-state index contributed by atoms with van der Waals surface area (Å²) < 4.78 is 10.6. The number of halogens is 1. The summed E-state index contributed by atoms with van der Waals surface area (Å²) in [5.74, 6) is 0.795. The molecule has 33 heavy (non-hydrogen) atoms. The predicted octanol–water partition coefficient (Wildman–Crippen LogP) is 4.44. The number of carbonyl (C=O) groups excluding carboxylic acids is 1. The maximum absolute atomic E-state index is 13.6. The molecule has 1 heterocycles. The minimum atomic E-state index is -0.294. The van der Waals surface area contributed by atoms with Gasteiger partial charge < -0.3 is 19.4 Å². The monoisotopic (exact) mass is 463 g/mol. The van der Waals surface area contributed by atoms with Crippen molar-refractivity contribution < 1.29 is 14.3 Å². The minimum Gasteiger partial charge on any atom is -0.493 e. The highest BCUT2D eigenvalue weighted by Gasteiger charge is 2.22. The molecule has 0 fully saturated rings.